The number of aromatic nitrogens is 2. The predicted octanol–water partition coefficient (Wildman–Crippen LogP) is 3.12. The highest BCUT2D eigenvalue weighted by molar-refractivity contribution is 5.76. The molecule has 1 aromatic heterocycles. The largest absolute Gasteiger partial charge is 0.355 e. The lowest BCUT2D eigenvalue weighted by atomic mass is 9.96. The third-order valence-corrected chi connectivity index (χ3v) is 5.08. The third kappa shape index (κ3) is 3.50. The fourth-order valence-electron chi connectivity index (χ4n) is 3.14. The van der Waals surface area contributed by atoms with E-state index in [0.29, 0.717) is 24.7 Å². The molecule has 2 fully saturated rings. The summed E-state index contributed by atoms with van der Waals surface area (Å²) >= 11 is 0. The first kappa shape index (κ1) is 15.4. The number of aryl methyl sites for hydroxylation is 1. The molecule has 2 aromatic rings. The number of hydrogen-bond donors (Lipinski definition) is 1. The van der Waals surface area contributed by atoms with E-state index < -0.39 is 0 Å². The van der Waals surface area contributed by atoms with Crippen molar-refractivity contribution < 1.29 is 9.32 Å². The monoisotopic (exact) mass is 325 g/mol. The normalized spacial score (nSPS) is 18.3. The Morgan fingerprint density at radius 2 is 2.04 bits per heavy atom. The van der Waals surface area contributed by atoms with Crippen LogP contribution in [0.3, 0.4) is 0 Å². The summed E-state index contributed by atoms with van der Waals surface area (Å²) in [6, 6.07) is 10.5. The maximum atomic E-state index is 12.1. The minimum absolute atomic E-state index is 0.110. The molecule has 1 amide bonds. The van der Waals surface area contributed by atoms with Crippen molar-refractivity contribution in [2.24, 2.45) is 0 Å². The van der Waals surface area contributed by atoms with Gasteiger partial charge in [0.05, 0.1) is 0 Å². The lowest BCUT2D eigenvalue weighted by Crippen LogP contribution is -2.32. The molecule has 0 aliphatic heterocycles. The summed E-state index contributed by atoms with van der Waals surface area (Å²) in [5.41, 5.74) is 1.51. The summed E-state index contributed by atoms with van der Waals surface area (Å²) in [7, 11) is 0. The zero-order chi connectivity index (χ0) is 16.4. The molecule has 0 bridgehead atoms. The van der Waals surface area contributed by atoms with Crippen molar-refractivity contribution >= 4 is 5.91 Å². The SMILES string of the molecule is O=C(CCCc1nc(C2CC2)no1)NCC1(c2ccccc2)CC1. The smallest absolute Gasteiger partial charge is 0.226 e. The van der Waals surface area contributed by atoms with Gasteiger partial charge < -0.3 is 9.84 Å². The summed E-state index contributed by atoms with van der Waals surface area (Å²) in [4.78, 5) is 16.5. The number of benzene rings is 1. The standard InChI is InChI=1S/C19H23N3O2/c23-16(7-4-8-17-21-18(22-24-17)14-9-10-14)20-13-19(11-12-19)15-5-2-1-3-6-15/h1-3,5-6,14H,4,7-13H2,(H,20,23). The lowest BCUT2D eigenvalue weighted by Gasteiger charge is -2.16. The van der Waals surface area contributed by atoms with Gasteiger partial charge in [0.15, 0.2) is 5.82 Å². The Morgan fingerprint density at radius 3 is 2.75 bits per heavy atom. The van der Waals surface area contributed by atoms with Crippen LogP contribution in [0.2, 0.25) is 0 Å². The Labute approximate surface area is 141 Å². The fraction of sp³-hybridized carbons (Fsp3) is 0.526. The maximum Gasteiger partial charge on any atom is 0.226 e. The highest BCUT2D eigenvalue weighted by Crippen LogP contribution is 2.47. The van der Waals surface area contributed by atoms with Gasteiger partial charge in [-0.3, -0.25) is 4.79 Å². The van der Waals surface area contributed by atoms with Gasteiger partial charge in [-0.05, 0) is 37.7 Å². The van der Waals surface area contributed by atoms with Crippen molar-refractivity contribution in [1.82, 2.24) is 15.5 Å². The lowest BCUT2D eigenvalue weighted by molar-refractivity contribution is -0.121. The Balaban J connectivity index is 1.19. The van der Waals surface area contributed by atoms with Crippen molar-refractivity contribution in [2.45, 2.75) is 56.3 Å². The molecule has 0 radical (unpaired) electrons. The topological polar surface area (TPSA) is 68.0 Å². The molecule has 24 heavy (non-hydrogen) atoms. The molecular formula is C19H23N3O2. The van der Waals surface area contributed by atoms with Crippen molar-refractivity contribution in [3.63, 3.8) is 0 Å². The first-order valence-electron chi connectivity index (χ1n) is 8.90. The minimum atomic E-state index is 0.110. The molecule has 5 heteroatoms. The van der Waals surface area contributed by atoms with Crippen LogP contribution in [0.1, 0.15) is 61.7 Å². The predicted molar refractivity (Wildman–Crippen MR) is 89.6 cm³/mol. The summed E-state index contributed by atoms with van der Waals surface area (Å²) in [6.07, 6.45) is 6.58. The second-order valence-corrected chi connectivity index (χ2v) is 7.10. The molecule has 1 N–H and O–H groups in total. The second kappa shape index (κ2) is 6.38. The van der Waals surface area contributed by atoms with E-state index in [-0.39, 0.29) is 11.3 Å². The quantitative estimate of drug-likeness (QED) is 0.810. The van der Waals surface area contributed by atoms with Gasteiger partial charge in [0.1, 0.15) is 0 Å². The Bertz CT molecular complexity index is 702. The molecule has 0 spiro atoms. The molecular weight excluding hydrogens is 302 g/mol. The van der Waals surface area contributed by atoms with Crippen LogP contribution in [0, 0.1) is 0 Å². The molecule has 126 valence electrons. The molecule has 0 saturated heterocycles. The van der Waals surface area contributed by atoms with Gasteiger partial charge >= 0.3 is 0 Å². The molecule has 5 nitrogen and oxygen atoms in total. The number of amides is 1. The number of carbonyl (C=O) groups is 1. The van der Waals surface area contributed by atoms with Crippen LogP contribution in [0.15, 0.2) is 34.9 Å². The van der Waals surface area contributed by atoms with Gasteiger partial charge in [-0.15, -0.1) is 0 Å². The second-order valence-electron chi connectivity index (χ2n) is 7.10. The van der Waals surface area contributed by atoms with Crippen LogP contribution in [-0.2, 0) is 16.6 Å². The van der Waals surface area contributed by atoms with E-state index in [4.69, 9.17) is 4.52 Å². The van der Waals surface area contributed by atoms with Crippen molar-refractivity contribution in [1.29, 1.82) is 0 Å². The molecule has 2 aliphatic carbocycles. The van der Waals surface area contributed by atoms with Gasteiger partial charge in [-0.1, -0.05) is 35.5 Å². The Kier molecular flexibility index (Phi) is 4.08. The van der Waals surface area contributed by atoms with E-state index in [1.54, 1.807) is 0 Å². The number of rotatable bonds is 8. The highest BCUT2D eigenvalue weighted by atomic mass is 16.5. The average Bonchev–Trinajstić information content (AvgIpc) is 3.54. The van der Waals surface area contributed by atoms with E-state index in [9.17, 15) is 4.79 Å². The van der Waals surface area contributed by atoms with E-state index in [1.165, 1.54) is 18.4 Å². The van der Waals surface area contributed by atoms with Gasteiger partial charge in [0.25, 0.3) is 0 Å². The van der Waals surface area contributed by atoms with Crippen molar-refractivity contribution in [2.75, 3.05) is 6.54 Å². The van der Waals surface area contributed by atoms with E-state index >= 15 is 0 Å². The number of carbonyl (C=O) groups excluding carboxylic acids is 1. The minimum Gasteiger partial charge on any atom is -0.355 e. The van der Waals surface area contributed by atoms with E-state index in [0.717, 1.165) is 31.6 Å². The van der Waals surface area contributed by atoms with Crippen molar-refractivity contribution in [3.8, 4) is 0 Å². The van der Waals surface area contributed by atoms with Crippen molar-refractivity contribution in [3.05, 3.63) is 47.6 Å². The summed E-state index contributed by atoms with van der Waals surface area (Å²) < 4.78 is 5.24. The Morgan fingerprint density at radius 1 is 1.25 bits per heavy atom. The molecule has 2 saturated carbocycles. The molecule has 2 aliphatic rings. The fourth-order valence-corrected chi connectivity index (χ4v) is 3.14. The summed E-state index contributed by atoms with van der Waals surface area (Å²) in [5.74, 6) is 2.12. The third-order valence-electron chi connectivity index (χ3n) is 5.08. The van der Waals surface area contributed by atoms with Crippen LogP contribution in [0.25, 0.3) is 0 Å². The summed E-state index contributed by atoms with van der Waals surface area (Å²) in [6.45, 7) is 0.738. The van der Waals surface area contributed by atoms with Crippen LogP contribution in [-0.4, -0.2) is 22.6 Å². The van der Waals surface area contributed by atoms with Gasteiger partial charge in [-0.25, -0.2) is 0 Å². The average molecular weight is 325 g/mol. The highest BCUT2D eigenvalue weighted by Gasteiger charge is 2.44. The van der Waals surface area contributed by atoms with E-state index in [1.807, 2.05) is 6.07 Å². The van der Waals surface area contributed by atoms with Gasteiger partial charge in [-0.2, -0.15) is 4.98 Å². The first-order valence-corrected chi connectivity index (χ1v) is 8.90. The maximum absolute atomic E-state index is 12.1. The summed E-state index contributed by atoms with van der Waals surface area (Å²) in [5, 5.41) is 7.10. The zero-order valence-corrected chi connectivity index (χ0v) is 13.8. The molecule has 1 heterocycles. The molecule has 0 atom stereocenters. The molecule has 0 unspecified atom stereocenters. The number of nitrogens with zero attached hydrogens (tertiary/aromatic N) is 2. The van der Waals surface area contributed by atoms with Gasteiger partial charge in [0.2, 0.25) is 11.8 Å². The van der Waals surface area contributed by atoms with E-state index in [2.05, 4.69) is 39.7 Å². The van der Waals surface area contributed by atoms with Crippen LogP contribution in [0.5, 0.6) is 0 Å². The number of hydrogen-bond acceptors (Lipinski definition) is 4. The molecule has 4 rings (SSSR count). The van der Waals surface area contributed by atoms with Gasteiger partial charge in [0, 0.05) is 30.7 Å². The molecule has 1 aromatic carbocycles. The van der Waals surface area contributed by atoms with Crippen LogP contribution >= 0.6 is 0 Å². The van der Waals surface area contributed by atoms with Crippen LogP contribution in [0.4, 0.5) is 0 Å². The first-order chi connectivity index (χ1) is 11.8. The Hall–Kier alpha value is -2.17. The number of nitrogens with one attached hydrogen (secondary N) is 1. The zero-order valence-electron chi connectivity index (χ0n) is 13.8. The van der Waals surface area contributed by atoms with Crippen LogP contribution < -0.4 is 5.32 Å².